The van der Waals surface area contributed by atoms with E-state index in [4.69, 9.17) is 4.74 Å². The average Bonchev–Trinajstić information content (AvgIpc) is 1.88. The van der Waals surface area contributed by atoms with Gasteiger partial charge < -0.3 is 10.1 Å². The van der Waals surface area contributed by atoms with Crippen molar-refractivity contribution in [3.63, 3.8) is 0 Å². The third kappa shape index (κ3) is 2.03. The van der Waals surface area contributed by atoms with Crippen molar-refractivity contribution in [3.8, 4) is 0 Å². The van der Waals surface area contributed by atoms with Gasteiger partial charge in [-0.15, -0.1) is 6.54 Å². The van der Waals surface area contributed by atoms with E-state index in [1.54, 1.807) is 0 Å². The van der Waals surface area contributed by atoms with Crippen LogP contribution in [0.25, 0.3) is 0 Å². The van der Waals surface area contributed by atoms with Crippen LogP contribution in [-0.2, 0) is 4.74 Å². The Morgan fingerprint density at radius 3 is 2.80 bits per heavy atom. The van der Waals surface area contributed by atoms with E-state index < -0.39 is 0 Å². The van der Waals surface area contributed by atoms with Gasteiger partial charge in [-0.25, -0.2) is 0 Å². The fourth-order valence-electron chi connectivity index (χ4n) is 1.00. The Hall–Kier alpha value is -1.08. The van der Waals surface area contributed by atoms with Crippen LogP contribution in [0.5, 0.6) is 0 Å². The van der Waals surface area contributed by atoms with Crippen LogP contribution in [0.2, 0.25) is 0 Å². The Balaban J connectivity index is 0.000000810. The summed E-state index contributed by atoms with van der Waals surface area (Å²) in [6, 6.07) is 0. The van der Waals surface area contributed by atoms with Gasteiger partial charge >= 0.3 is 0 Å². The van der Waals surface area contributed by atoms with Crippen molar-refractivity contribution < 1.29 is 4.74 Å². The zero-order chi connectivity index (χ0) is 6.69. The van der Waals surface area contributed by atoms with E-state index >= 15 is 0 Å². The second-order valence-electron chi connectivity index (χ2n) is 2.48. The molecule has 1 aliphatic heterocycles. The molecule has 3 heteroatoms. The molecule has 0 aliphatic carbocycles. The van der Waals surface area contributed by atoms with Crippen molar-refractivity contribution in [3.05, 3.63) is 6.10 Å². The molecule has 0 aromatic heterocycles. The number of hydrogen-bond acceptors (Lipinski definition) is 2. The first kappa shape index (κ1) is 8.92. The molecule has 1 atom stereocenters. The first-order valence-corrected chi connectivity index (χ1v) is 3.52. The maximum atomic E-state index is 5.49. The van der Waals surface area contributed by atoms with E-state index in [0.29, 0.717) is 6.10 Å². The van der Waals surface area contributed by atoms with Crippen molar-refractivity contribution >= 4 is 0 Å². The maximum Gasteiger partial charge on any atom is 0.0358 e. The van der Waals surface area contributed by atoms with Crippen LogP contribution in [0.15, 0.2) is 0 Å². The molecule has 0 saturated carbocycles. The van der Waals surface area contributed by atoms with Gasteiger partial charge in [-0.1, -0.05) is 6.92 Å². The molecule has 1 aliphatic rings. The van der Waals surface area contributed by atoms with Gasteiger partial charge in [0.1, 0.15) is 0 Å². The average molecular weight is 390 g/mol. The fourth-order valence-corrected chi connectivity index (χ4v) is 1.00. The number of rotatable bonds is 1. The molecule has 1 heterocycles. The molecule has 1 rings (SSSR count). The van der Waals surface area contributed by atoms with Gasteiger partial charge in [0.15, 0.2) is 0 Å². The largest absolute Gasteiger partial charge is 0.545 e. The van der Waals surface area contributed by atoms with Crippen LogP contribution in [0.4, 0.5) is 0 Å². The number of ether oxygens (including phenoxy) is 1. The molecule has 0 unspecified atom stereocenters. The summed E-state index contributed by atoms with van der Waals surface area (Å²) in [6.45, 7) is 6.10. The summed E-state index contributed by atoms with van der Waals surface area (Å²) in [4.78, 5) is 0. The molecule has 1 radical (unpaired) electrons. The minimum Gasteiger partial charge on any atom is -0.545 e. The van der Waals surface area contributed by atoms with Crippen molar-refractivity contribution in [1.29, 1.82) is 0 Å². The van der Waals surface area contributed by atoms with Gasteiger partial charge in [0.2, 0.25) is 0 Å². The molecule has 0 spiro atoms. The van der Waals surface area contributed by atoms with Crippen LogP contribution in [0, 0.1) is 6.10 Å². The summed E-state index contributed by atoms with van der Waals surface area (Å²) in [5, 5.41) is 3.27. The van der Waals surface area contributed by atoms with Gasteiger partial charge in [-0.2, -0.15) is 13.0 Å². The van der Waals surface area contributed by atoms with Gasteiger partial charge in [0.05, 0.1) is 0 Å². The molecule has 0 aromatic carbocycles. The SMILES string of the molecule is CC[C@@H]1CNC[C-](C)O1.[Lr]. The first-order valence-electron chi connectivity index (χ1n) is 3.52. The van der Waals surface area contributed by atoms with Crippen molar-refractivity contribution in [2.75, 3.05) is 13.1 Å². The normalized spacial score (nSPS) is 27.6. The van der Waals surface area contributed by atoms with Crippen molar-refractivity contribution in [2.24, 2.45) is 0 Å². The summed E-state index contributed by atoms with van der Waals surface area (Å²) in [5.74, 6) is 0. The molecule has 0 amide bonds. The predicted octanol–water partition coefficient (Wildman–Crippen LogP) is 0.937. The minimum absolute atomic E-state index is 0. The molecule has 0 aromatic rings. The molecule has 1 saturated heterocycles. The summed E-state index contributed by atoms with van der Waals surface area (Å²) in [6.07, 6.45) is 2.64. The molecule has 1 fully saturated rings. The topological polar surface area (TPSA) is 21.3 Å². The molecular formula is C7H14LrNO-. The molecule has 2 nitrogen and oxygen atoms in total. The van der Waals surface area contributed by atoms with Gasteiger partial charge in [0.25, 0.3) is 0 Å². The molecule has 1 N–H and O–H groups in total. The molecule has 10 heavy (non-hydrogen) atoms. The third-order valence-electron chi connectivity index (χ3n) is 1.57. The monoisotopic (exact) mass is 390 g/mol. The minimum atomic E-state index is 0. The zero-order valence-corrected chi connectivity index (χ0v) is 8.52. The quantitative estimate of drug-likeness (QED) is 0.674. The van der Waals surface area contributed by atoms with Crippen LogP contribution in [0.1, 0.15) is 20.3 Å². The van der Waals surface area contributed by atoms with E-state index in [1.807, 2.05) is 6.92 Å². The molecule has 69 valence electrons. The number of morpholine rings is 1. The Bertz CT molecular complexity index is 89.7. The van der Waals surface area contributed by atoms with E-state index in [0.717, 1.165) is 25.6 Å². The first-order chi connectivity index (χ1) is 4.33. The maximum absolute atomic E-state index is 5.49. The second-order valence-corrected chi connectivity index (χ2v) is 2.48. The second kappa shape index (κ2) is 3.85. The van der Waals surface area contributed by atoms with Crippen LogP contribution in [0.3, 0.4) is 0 Å². The zero-order valence-electron chi connectivity index (χ0n) is 6.37. The predicted molar refractivity (Wildman–Crippen MR) is 37.0 cm³/mol. The molecule has 0 bridgehead atoms. The summed E-state index contributed by atoms with van der Waals surface area (Å²) in [7, 11) is 0. The third-order valence-corrected chi connectivity index (χ3v) is 1.57. The van der Waals surface area contributed by atoms with E-state index in [2.05, 4.69) is 12.2 Å². The summed E-state index contributed by atoms with van der Waals surface area (Å²) < 4.78 is 5.49. The van der Waals surface area contributed by atoms with Gasteiger partial charge in [0, 0.05) is 12.6 Å². The Kier molecular flexibility index (Phi) is 3.44. The Morgan fingerprint density at radius 2 is 2.40 bits per heavy atom. The Morgan fingerprint density at radius 1 is 1.70 bits per heavy atom. The number of hydrogen-bond donors (Lipinski definition) is 1. The van der Waals surface area contributed by atoms with E-state index in [9.17, 15) is 0 Å². The summed E-state index contributed by atoms with van der Waals surface area (Å²) in [5.41, 5.74) is 0. The molecular weight excluding hydrogens is 376 g/mol. The van der Waals surface area contributed by atoms with Crippen LogP contribution < -0.4 is 5.32 Å². The Labute approximate surface area is 56.6 Å². The van der Waals surface area contributed by atoms with Crippen LogP contribution >= 0.6 is 0 Å². The smallest absolute Gasteiger partial charge is 0.0358 e. The number of nitrogens with one attached hydrogen (secondary N) is 1. The van der Waals surface area contributed by atoms with Crippen LogP contribution in [-0.4, -0.2) is 19.2 Å². The standard InChI is InChI=1S/C7H14NO.Lr/c1-3-7-5-8-4-6(2)9-7;/h7-8H,3-5H2,1-2H3;/q-1;/t7-;/m1./s1. The van der Waals surface area contributed by atoms with Gasteiger partial charge in [-0.05, 0) is 6.42 Å². The fraction of sp³-hybridized carbons (Fsp3) is 0.857. The van der Waals surface area contributed by atoms with E-state index in [-0.39, 0.29) is 0 Å². The van der Waals surface area contributed by atoms with Crippen molar-refractivity contribution in [2.45, 2.75) is 26.4 Å². The van der Waals surface area contributed by atoms with Crippen molar-refractivity contribution in [1.82, 2.24) is 5.32 Å². The van der Waals surface area contributed by atoms with E-state index in [1.165, 1.54) is 0 Å². The van der Waals surface area contributed by atoms with Gasteiger partial charge in [-0.3, -0.25) is 0 Å². The summed E-state index contributed by atoms with van der Waals surface area (Å²) >= 11 is 0.